The molecule has 1 unspecified atom stereocenters. The molecule has 0 saturated carbocycles. The smallest absolute Gasteiger partial charge is 0.270 e. The summed E-state index contributed by atoms with van der Waals surface area (Å²) in [6.07, 6.45) is -23.8. The molecule has 2 aromatic rings. The molecule has 288 valence electrons. The normalized spacial score (nSPS) is 39.2. The quantitative estimate of drug-likeness (QED) is 0.0858. The largest absolute Gasteiger partial charge is 0.571 e. The fraction of sp³-hybridized carbons (Fsp3) is 0.562. The number of hydrogen-bond donors (Lipinski definition) is 13. The van der Waals surface area contributed by atoms with Crippen LogP contribution in [0.2, 0.25) is 0 Å². The lowest BCUT2D eigenvalue weighted by molar-refractivity contribution is -0.360. The van der Waals surface area contributed by atoms with Gasteiger partial charge in [0.2, 0.25) is 6.29 Å². The Morgan fingerprint density at radius 1 is 0.692 bits per heavy atom. The van der Waals surface area contributed by atoms with E-state index in [0.29, 0.717) is 0 Å². The van der Waals surface area contributed by atoms with Gasteiger partial charge in [-0.1, -0.05) is 0 Å². The van der Waals surface area contributed by atoms with Crippen LogP contribution in [0.5, 0.6) is 28.7 Å². The predicted octanol–water partition coefficient (Wildman–Crippen LogP) is -4.05. The van der Waals surface area contributed by atoms with Crippen molar-refractivity contribution < 1.29 is 99.5 Å². The van der Waals surface area contributed by atoms with Gasteiger partial charge in [-0.15, -0.1) is 0 Å². The van der Waals surface area contributed by atoms with Gasteiger partial charge >= 0.3 is 0 Å². The molecule has 0 aromatic heterocycles. The summed E-state index contributed by atoms with van der Waals surface area (Å²) in [6, 6.07) is 6.00. The Kier molecular flexibility index (Phi) is 11.3. The Morgan fingerprint density at radius 2 is 1.38 bits per heavy atom. The Labute approximate surface area is 293 Å². The number of fused-ring (bicyclic) bond motifs is 1. The standard InChI is InChI=1S/C32H40O20/c33-7-19-22(40)24(42)27(45)30(50-19)47-9-20-23(41)25(43)29(52-31-26(44)21(39)16(38)8-46-31)32(51-20)49-18-6-12-14(36)4-11(34)5-17(12)48-28(18)10-1-2-13(35)15(37)3-10/h1-6,16,19-45H,7-9H2/p+1/t16-,19+,20-,21-,22+,23-,24-,25-,26-,27-,28?,29-,30+,31+,32-/m0/s1. The zero-order valence-electron chi connectivity index (χ0n) is 27.0. The van der Waals surface area contributed by atoms with E-state index in [0.717, 1.165) is 6.07 Å². The predicted molar refractivity (Wildman–Crippen MR) is 166 cm³/mol. The van der Waals surface area contributed by atoms with Crippen LogP contribution < -0.4 is 0 Å². The molecule has 0 aliphatic carbocycles. The molecule has 6 rings (SSSR count). The van der Waals surface area contributed by atoms with E-state index in [-0.39, 0.29) is 28.4 Å². The van der Waals surface area contributed by atoms with Crippen LogP contribution in [0.3, 0.4) is 0 Å². The average molecular weight is 746 g/mol. The molecular formula is C32H41O20+. The minimum absolute atomic E-state index is 0.0616. The van der Waals surface area contributed by atoms with Crippen LogP contribution in [0.1, 0.15) is 17.2 Å². The maximum absolute atomic E-state index is 11.4. The van der Waals surface area contributed by atoms with E-state index in [4.69, 9.17) is 28.4 Å². The summed E-state index contributed by atoms with van der Waals surface area (Å²) in [5.41, 5.74) is 0.279. The highest BCUT2D eigenvalue weighted by Crippen LogP contribution is 2.46. The van der Waals surface area contributed by atoms with Gasteiger partial charge in [0.1, 0.15) is 78.1 Å². The molecule has 3 fully saturated rings. The topological polar surface area (TPSA) is 331 Å². The minimum atomic E-state index is -1.95. The number of ether oxygens (including phenoxy) is 7. The number of benzene rings is 2. The zero-order valence-corrected chi connectivity index (χ0v) is 27.0. The molecular weight excluding hydrogens is 704 g/mol. The second-order valence-corrected chi connectivity index (χ2v) is 12.7. The van der Waals surface area contributed by atoms with E-state index in [9.17, 15) is 66.4 Å². The van der Waals surface area contributed by atoms with Gasteiger partial charge in [0.15, 0.2) is 35.9 Å². The van der Waals surface area contributed by atoms with E-state index in [1.54, 1.807) is 0 Å². The molecule has 4 heterocycles. The molecule has 15 atom stereocenters. The van der Waals surface area contributed by atoms with Crippen LogP contribution in [0, 0.1) is 0 Å². The lowest BCUT2D eigenvalue weighted by Crippen LogP contribution is -2.64. The summed E-state index contributed by atoms with van der Waals surface area (Å²) in [6.45, 7) is -1.92. The second kappa shape index (κ2) is 15.4. The number of rotatable bonds is 9. The van der Waals surface area contributed by atoms with Crippen molar-refractivity contribution in [2.75, 3.05) is 19.8 Å². The second-order valence-electron chi connectivity index (χ2n) is 12.7. The SMILES string of the molecule is OC[C@H]1O[C@@H](OC[C@@H]2O[C@H](OC3=Cc4c(O)cc(O)cc4[OH+]C3c3ccc(O)c(O)c3)[C@@H](O[C@H]3OC[C@H](O)[C@H](O)[C@@H]3O)[C@@H](O)[C@H]2O)[C@@H](O)[C@@H](O)[C@@H]1O. The Hall–Kier alpha value is -3.58. The van der Waals surface area contributed by atoms with Gasteiger partial charge in [-0.3, -0.25) is 0 Å². The highest BCUT2D eigenvalue weighted by Gasteiger charge is 2.52. The third kappa shape index (κ3) is 7.44. The molecule has 0 spiro atoms. The molecule has 0 bridgehead atoms. The number of aliphatic hydroxyl groups excluding tert-OH is 9. The van der Waals surface area contributed by atoms with Gasteiger partial charge in [-0.2, -0.15) is 0 Å². The fourth-order valence-electron chi connectivity index (χ4n) is 6.20. The molecule has 0 radical (unpaired) electrons. The van der Waals surface area contributed by atoms with Crippen molar-refractivity contribution in [3.8, 4) is 28.7 Å². The van der Waals surface area contributed by atoms with E-state index >= 15 is 0 Å². The van der Waals surface area contributed by atoms with Gasteiger partial charge in [-0.05, 0) is 18.2 Å². The van der Waals surface area contributed by atoms with E-state index in [2.05, 4.69) is 4.74 Å². The maximum atomic E-state index is 11.4. The summed E-state index contributed by atoms with van der Waals surface area (Å²) < 4.78 is 38.8. The van der Waals surface area contributed by atoms with Gasteiger partial charge < -0.3 is 99.5 Å². The minimum Gasteiger partial charge on any atom is -0.571 e. The van der Waals surface area contributed by atoms with Crippen molar-refractivity contribution in [3.63, 3.8) is 0 Å². The van der Waals surface area contributed by atoms with Crippen molar-refractivity contribution in [3.05, 3.63) is 47.2 Å². The van der Waals surface area contributed by atoms with Crippen LogP contribution >= 0.6 is 0 Å². The molecule has 0 amide bonds. The maximum Gasteiger partial charge on any atom is 0.270 e. The first kappa shape index (κ1) is 38.2. The summed E-state index contributed by atoms with van der Waals surface area (Å²) in [5, 5.41) is 134. The van der Waals surface area contributed by atoms with Gasteiger partial charge in [0.05, 0.1) is 31.5 Å². The van der Waals surface area contributed by atoms with Crippen LogP contribution in [-0.2, 0) is 28.4 Å². The van der Waals surface area contributed by atoms with E-state index in [1.807, 2.05) is 0 Å². The van der Waals surface area contributed by atoms with Gasteiger partial charge in [0.25, 0.3) is 11.9 Å². The van der Waals surface area contributed by atoms with Gasteiger partial charge in [0, 0.05) is 12.1 Å². The van der Waals surface area contributed by atoms with E-state index in [1.165, 1.54) is 30.3 Å². The van der Waals surface area contributed by atoms with Crippen LogP contribution in [0.15, 0.2) is 36.1 Å². The van der Waals surface area contributed by atoms with Crippen molar-refractivity contribution in [1.29, 1.82) is 0 Å². The third-order valence-electron chi connectivity index (χ3n) is 9.18. The third-order valence-corrected chi connectivity index (χ3v) is 9.18. The molecule has 3 saturated heterocycles. The summed E-state index contributed by atoms with van der Waals surface area (Å²) in [7, 11) is 0. The number of aromatic hydroxyl groups is 5. The Bertz CT molecular complexity index is 1590. The monoisotopic (exact) mass is 745 g/mol. The Balaban J connectivity index is 1.32. The molecule has 2 aromatic carbocycles. The Morgan fingerprint density at radius 3 is 2.10 bits per heavy atom. The first-order valence-electron chi connectivity index (χ1n) is 16.1. The van der Waals surface area contributed by atoms with Gasteiger partial charge in [-0.25, -0.2) is 0 Å². The number of hydrogen-bond acceptors (Lipinski definition) is 19. The first-order valence-corrected chi connectivity index (χ1v) is 16.1. The van der Waals surface area contributed by atoms with E-state index < -0.39 is 129 Å². The van der Waals surface area contributed by atoms with Crippen molar-refractivity contribution in [2.24, 2.45) is 0 Å². The highest BCUT2D eigenvalue weighted by atomic mass is 16.8. The number of phenolic OH excluding ortho intramolecular Hbond substituents is 4. The van der Waals surface area contributed by atoms with Crippen LogP contribution in [0.25, 0.3) is 6.08 Å². The number of phenols is 4. The summed E-state index contributed by atoms with van der Waals surface area (Å²) >= 11 is 0. The number of aliphatic hydroxyl groups is 10. The fourth-order valence-corrected chi connectivity index (χ4v) is 6.20. The lowest BCUT2D eigenvalue weighted by atomic mass is 9.97. The lowest BCUT2D eigenvalue weighted by Gasteiger charge is -2.45. The zero-order chi connectivity index (χ0) is 37.6. The summed E-state index contributed by atoms with van der Waals surface area (Å²) in [4.78, 5) is 0. The van der Waals surface area contributed by atoms with Crippen molar-refractivity contribution in [2.45, 2.75) is 92.1 Å². The van der Waals surface area contributed by atoms with Crippen LogP contribution in [-0.4, -0.2) is 177 Å². The molecule has 52 heavy (non-hydrogen) atoms. The summed E-state index contributed by atoms with van der Waals surface area (Å²) in [5.74, 6) is -1.78. The molecule has 14 N–H and O–H groups in total. The average Bonchev–Trinajstić information content (AvgIpc) is 3.11. The first-order chi connectivity index (χ1) is 24.7. The van der Waals surface area contributed by atoms with Crippen molar-refractivity contribution in [1.82, 2.24) is 0 Å². The highest BCUT2D eigenvalue weighted by molar-refractivity contribution is 5.69. The molecule has 20 heteroatoms. The molecule has 4 aliphatic heterocycles. The van der Waals surface area contributed by atoms with Crippen LogP contribution in [0.4, 0.5) is 0 Å². The van der Waals surface area contributed by atoms with Crippen molar-refractivity contribution >= 4 is 6.08 Å². The molecule has 20 nitrogen and oxygen atoms in total. The molecule has 4 aliphatic rings.